The van der Waals surface area contributed by atoms with Crippen LogP contribution in [0.1, 0.15) is 17.0 Å². The second kappa shape index (κ2) is 10.6. The number of ether oxygens (including phenoxy) is 2. The lowest BCUT2D eigenvalue weighted by atomic mass is 10.2. The van der Waals surface area contributed by atoms with Crippen LogP contribution in [-0.2, 0) is 17.9 Å². The molecule has 2 aromatic carbocycles. The molecule has 1 aromatic heterocycles. The summed E-state index contributed by atoms with van der Waals surface area (Å²) in [6.07, 6.45) is 0. The van der Waals surface area contributed by atoms with Crippen molar-refractivity contribution in [1.29, 1.82) is 0 Å². The van der Waals surface area contributed by atoms with Crippen molar-refractivity contribution >= 4 is 11.8 Å². The monoisotopic (exact) mass is 425 g/mol. The zero-order valence-corrected chi connectivity index (χ0v) is 18.2. The van der Waals surface area contributed by atoms with Gasteiger partial charge in [-0.25, -0.2) is 0 Å². The van der Waals surface area contributed by atoms with E-state index in [1.54, 1.807) is 16.7 Å². The lowest BCUT2D eigenvalue weighted by Gasteiger charge is -2.23. The van der Waals surface area contributed by atoms with Gasteiger partial charge < -0.3 is 14.4 Å². The van der Waals surface area contributed by atoms with E-state index in [4.69, 9.17) is 9.47 Å². The zero-order valence-electron chi connectivity index (χ0n) is 17.4. The van der Waals surface area contributed by atoms with E-state index >= 15 is 0 Å². The summed E-state index contributed by atoms with van der Waals surface area (Å²) in [4.78, 5) is 1.60. The summed E-state index contributed by atoms with van der Waals surface area (Å²) >= 11 is 1.78. The van der Waals surface area contributed by atoms with E-state index in [0.29, 0.717) is 6.61 Å². The minimum absolute atomic E-state index is 0.401. The number of hydrogen-bond acceptors (Lipinski definition) is 5. The van der Waals surface area contributed by atoms with Gasteiger partial charge in [-0.1, -0.05) is 59.8 Å². The van der Waals surface area contributed by atoms with E-state index in [0.717, 1.165) is 61.9 Å². The van der Waals surface area contributed by atoms with E-state index in [9.17, 15) is 0 Å². The maximum absolute atomic E-state index is 5.99. The molecule has 3 aromatic rings. The van der Waals surface area contributed by atoms with Gasteiger partial charge >= 0.3 is 0 Å². The first-order valence-electron chi connectivity index (χ1n) is 10.5. The first kappa shape index (κ1) is 20.9. The molecule has 158 valence electrons. The van der Waals surface area contributed by atoms with Crippen molar-refractivity contribution < 1.29 is 14.4 Å². The number of morpholine rings is 1. The fourth-order valence-corrected chi connectivity index (χ4v) is 4.43. The molecule has 0 amide bonds. The van der Waals surface area contributed by atoms with Gasteiger partial charge in [0.2, 0.25) is 0 Å². The Kier molecular flexibility index (Phi) is 7.39. The number of nitrogens with one attached hydrogen (secondary N) is 1. The highest BCUT2D eigenvalue weighted by molar-refractivity contribution is 7.99. The molecule has 1 fully saturated rings. The Morgan fingerprint density at radius 1 is 1.03 bits per heavy atom. The SMILES string of the molecule is Cc1ccc(OCc2nnc(SCC[NH+]3CCOCC3)n2Cc2ccccc2)cc1. The summed E-state index contributed by atoms with van der Waals surface area (Å²) in [5.41, 5.74) is 2.45. The third-order valence-corrected chi connectivity index (χ3v) is 6.22. The molecule has 4 rings (SSSR count). The summed E-state index contributed by atoms with van der Waals surface area (Å²) in [7, 11) is 0. The van der Waals surface area contributed by atoms with Crippen LogP contribution in [0.2, 0.25) is 0 Å². The molecule has 0 atom stereocenters. The van der Waals surface area contributed by atoms with Crippen molar-refractivity contribution in [2.45, 2.75) is 25.2 Å². The van der Waals surface area contributed by atoms with Gasteiger partial charge in [-0.05, 0) is 24.6 Å². The number of quaternary nitrogens is 1. The van der Waals surface area contributed by atoms with Crippen LogP contribution in [0.25, 0.3) is 0 Å². The van der Waals surface area contributed by atoms with Crippen LogP contribution in [0.4, 0.5) is 0 Å². The summed E-state index contributed by atoms with van der Waals surface area (Å²) < 4.78 is 13.6. The maximum atomic E-state index is 5.99. The fourth-order valence-electron chi connectivity index (χ4n) is 3.44. The molecule has 0 spiro atoms. The van der Waals surface area contributed by atoms with Gasteiger partial charge in [-0.2, -0.15) is 0 Å². The molecule has 30 heavy (non-hydrogen) atoms. The molecule has 0 saturated carbocycles. The first-order valence-corrected chi connectivity index (χ1v) is 11.5. The largest absolute Gasteiger partial charge is 0.486 e. The molecule has 1 N–H and O–H groups in total. The lowest BCUT2D eigenvalue weighted by Crippen LogP contribution is -3.14. The van der Waals surface area contributed by atoms with Gasteiger partial charge in [0.15, 0.2) is 11.0 Å². The average molecular weight is 426 g/mol. The molecule has 0 aliphatic carbocycles. The number of hydrogen-bond donors (Lipinski definition) is 1. The van der Waals surface area contributed by atoms with Crippen LogP contribution in [-0.4, -0.2) is 53.4 Å². The summed E-state index contributed by atoms with van der Waals surface area (Å²) in [6.45, 7) is 8.24. The van der Waals surface area contributed by atoms with Gasteiger partial charge in [0.25, 0.3) is 0 Å². The number of aryl methyl sites for hydroxylation is 1. The van der Waals surface area contributed by atoms with E-state index in [2.05, 4.69) is 58.1 Å². The van der Waals surface area contributed by atoms with Crippen LogP contribution in [0.3, 0.4) is 0 Å². The summed E-state index contributed by atoms with van der Waals surface area (Å²) in [5, 5.41) is 9.89. The van der Waals surface area contributed by atoms with Gasteiger partial charge in [0.05, 0.1) is 32.1 Å². The second-order valence-corrected chi connectivity index (χ2v) is 8.60. The minimum Gasteiger partial charge on any atom is -0.486 e. The van der Waals surface area contributed by atoms with Crippen LogP contribution in [0.5, 0.6) is 5.75 Å². The Morgan fingerprint density at radius 2 is 1.80 bits per heavy atom. The molecule has 1 saturated heterocycles. The Bertz CT molecular complexity index is 909. The van der Waals surface area contributed by atoms with E-state index in [1.807, 2.05) is 18.2 Å². The predicted octanol–water partition coefficient (Wildman–Crippen LogP) is 2.22. The topological polar surface area (TPSA) is 53.6 Å². The average Bonchev–Trinajstić information content (AvgIpc) is 3.16. The van der Waals surface area contributed by atoms with E-state index < -0.39 is 0 Å². The Balaban J connectivity index is 1.43. The highest BCUT2D eigenvalue weighted by atomic mass is 32.2. The summed E-state index contributed by atoms with van der Waals surface area (Å²) in [5.74, 6) is 2.71. The summed E-state index contributed by atoms with van der Waals surface area (Å²) in [6, 6.07) is 18.5. The number of rotatable bonds is 9. The molecule has 0 unspecified atom stereocenters. The Labute approximate surface area is 182 Å². The van der Waals surface area contributed by atoms with Gasteiger partial charge in [-0.3, -0.25) is 4.57 Å². The number of nitrogens with zero attached hydrogens (tertiary/aromatic N) is 3. The molecule has 6 nitrogen and oxygen atoms in total. The van der Waals surface area contributed by atoms with E-state index in [-0.39, 0.29) is 0 Å². The molecule has 0 radical (unpaired) electrons. The highest BCUT2D eigenvalue weighted by Gasteiger charge is 2.17. The first-order chi connectivity index (χ1) is 14.8. The van der Waals surface area contributed by atoms with Crippen molar-refractivity contribution in [2.24, 2.45) is 0 Å². The van der Waals surface area contributed by atoms with Crippen LogP contribution < -0.4 is 9.64 Å². The maximum Gasteiger partial charge on any atom is 0.191 e. The zero-order chi connectivity index (χ0) is 20.6. The molecule has 1 aliphatic rings. The van der Waals surface area contributed by atoms with Crippen molar-refractivity contribution in [2.75, 3.05) is 38.6 Å². The third-order valence-electron chi connectivity index (χ3n) is 5.25. The fraction of sp³-hybridized carbons (Fsp3) is 0.391. The third kappa shape index (κ3) is 5.84. The molecule has 7 heteroatoms. The standard InChI is InChI=1S/C23H28N4O2S/c1-19-7-9-21(10-8-19)29-18-22-24-25-23(27(22)17-20-5-3-2-4-6-20)30-16-13-26-11-14-28-15-12-26/h2-10H,11-18H2,1H3/p+1. The van der Waals surface area contributed by atoms with E-state index in [1.165, 1.54) is 11.1 Å². The smallest absolute Gasteiger partial charge is 0.191 e. The van der Waals surface area contributed by atoms with Crippen molar-refractivity contribution in [3.05, 3.63) is 71.5 Å². The molecule has 0 bridgehead atoms. The molecule has 1 aliphatic heterocycles. The second-order valence-electron chi connectivity index (χ2n) is 7.53. The Morgan fingerprint density at radius 3 is 2.57 bits per heavy atom. The van der Waals surface area contributed by atoms with Gasteiger partial charge in [0.1, 0.15) is 25.4 Å². The van der Waals surface area contributed by atoms with Crippen molar-refractivity contribution in [1.82, 2.24) is 14.8 Å². The molecular weight excluding hydrogens is 396 g/mol. The van der Waals surface area contributed by atoms with Gasteiger partial charge in [-0.15, -0.1) is 10.2 Å². The minimum atomic E-state index is 0.401. The predicted molar refractivity (Wildman–Crippen MR) is 118 cm³/mol. The van der Waals surface area contributed by atoms with Crippen LogP contribution >= 0.6 is 11.8 Å². The van der Waals surface area contributed by atoms with Gasteiger partial charge in [0, 0.05) is 0 Å². The highest BCUT2D eigenvalue weighted by Crippen LogP contribution is 2.20. The molecule has 2 heterocycles. The number of benzene rings is 2. The Hall–Kier alpha value is -2.35. The van der Waals surface area contributed by atoms with Crippen LogP contribution in [0.15, 0.2) is 59.8 Å². The number of thioether (sulfide) groups is 1. The van der Waals surface area contributed by atoms with Crippen LogP contribution in [0, 0.1) is 6.92 Å². The quantitative estimate of drug-likeness (QED) is 0.533. The van der Waals surface area contributed by atoms with Crippen molar-refractivity contribution in [3.8, 4) is 5.75 Å². The lowest BCUT2D eigenvalue weighted by molar-refractivity contribution is -0.905. The number of aromatic nitrogens is 3. The normalized spacial score (nSPS) is 14.7. The van der Waals surface area contributed by atoms with Crippen molar-refractivity contribution in [3.63, 3.8) is 0 Å². The molecular formula is C23H29N4O2S+.